The van der Waals surface area contributed by atoms with E-state index in [0.717, 1.165) is 12.0 Å². The molecule has 1 aliphatic rings. The predicted molar refractivity (Wildman–Crippen MR) is 75.4 cm³/mol. The van der Waals surface area contributed by atoms with E-state index in [1.165, 1.54) is 24.0 Å². The zero-order valence-corrected chi connectivity index (χ0v) is 11.7. The van der Waals surface area contributed by atoms with Crippen LogP contribution in [-0.2, 0) is 17.6 Å². The summed E-state index contributed by atoms with van der Waals surface area (Å²) in [5.41, 5.74) is 5.67. The predicted octanol–water partition coefficient (Wildman–Crippen LogP) is 3.03. The zero-order chi connectivity index (χ0) is 13.9. The molecule has 1 aromatic rings. The minimum Gasteiger partial charge on any atom is -0.443 e. The highest BCUT2D eigenvalue weighted by Crippen LogP contribution is 2.22. The SMILES string of the molecule is CC(C)(C)OC(=O)N/N=C/c1ccc2c(c1)CCC2. The number of nitrogens with one attached hydrogen (secondary N) is 1. The molecule has 0 saturated heterocycles. The molecule has 4 nitrogen and oxygen atoms in total. The Morgan fingerprint density at radius 3 is 2.79 bits per heavy atom. The molecule has 0 heterocycles. The van der Waals surface area contributed by atoms with E-state index < -0.39 is 11.7 Å². The molecule has 0 radical (unpaired) electrons. The number of amides is 1. The van der Waals surface area contributed by atoms with Gasteiger partial charge in [-0.2, -0.15) is 5.10 Å². The van der Waals surface area contributed by atoms with Gasteiger partial charge in [0.1, 0.15) is 5.60 Å². The maximum atomic E-state index is 11.4. The molecule has 0 aliphatic heterocycles. The average Bonchev–Trinajstić information content (AvgIpc) is 2.73. The highest BCUT2D eigenvalue weighted by atomic mass is 16.6. The van der Waals surface area contributed by atoms with Gasteiger partial charge in [0.05, 0.1) is 6.21 Å². The Kier molecular flexibility index (Phi) is 3.88. The summed E-state index contributed by atoms with van der Waals surface area (Å²) in [5, 5.41) is 3.90. The van der Waals surface area contributed by atoms with E-state index in [0.29, 0.717) is 0 Å². The number of aryl methyl sites for hydroxylation is 2. The van der Waals surface area contributed by atoms with Crippen molar-refractivity contribution in [1.82, 2.24) is 5.43 Å². The lowest BCUT2D eigenvalue weighted by Crippen LogP contribution is -2.29. The first kappa shape index (κ1) is 13.6. The molecule has 0 atom stereocenters. The Labute approximate surface area is 113 Å². The topological polar surface area (TPSA) is 50.7 Å². The number of benzene rings is 1. The van der Waals surface area contributed by atoms with Gasteiger partial charge in [0, 0.05) is 0 Å². The first-order valence-electron chi connectivity index (χ1n) is 6.58. The molecule has 0 aromatic heterocycles. The van der Waals surface area contributed by atoms with Crippen LogP contribution >= 0.6 is 0 Å². The van der Waals surface area contributed by atoms with Crippen molar-refractivity contribution in [3.05, 3.63) is 34.9 Å². The first-order valence-corrected chi connectivity index (χ1v) is 6.58. The van der Waals surface area contributed by atoms with Gasteiger partial charge < -0.3 is 4.74 Å². The maximum absolute atomic E-state index is 11.4. The Balaban J connectivity index is 1.91. The van der Waals surface area contributed by atoms with Gasteiger partial charge in [-0.25, -0.2) is 10.2 Å². The van der Waals surface area contributed by atoms with E-state index in [1.807, 2.05) is 26.8 Å². The van der Waals surface area contributed by atoms with Crippen molar-refractivity contribution in [2.24, 2.45) is 5.10 Å². The molecule has 2 rings (SSSR count). The van der Waals surface area contributed by atoms with Crippen molar-refractivity contribution < 1.29 is 9.53 Å². The highest BCUT2D eigenvalue weighted by Gasteiger charge is 2.15. The second-order valence-electron chi connectivity index (χ2n) is 5.75. The first-order chi connectivity index (χ1) is 8.94. The van der Waals surface area contributed by atoms with E-state index >= 15 is 0 Å². The summed E-state index contributed by atoms with van der Waals surface area (Å²) in [6.45, 7) is 5.45. The summed E-state index contributed by atoms with van der Waals surface area (Å²) in [4.78, 5) is 11.4. The molecule has 1 N–H and O–H groups in total. The molecular formula is C15H20N2O2. The number of nitrogens with zero attached hydrogens (tertiary/aromatic N) is 1. The van der Waals surface area contributed by atoms with Crippen LogP contribution in [0.25, 0.3) is 0 Å². The Hall–Kier alpha value is -1.84. The fourth-order valence-electron chi connectivity index (χ4n) is 2.13. The Morgan fingerprint density at radius 1 is 1.32 bits per heavy atom. The van der Waals surface area contributed by atoms with E-state index in [9.17, 15) is 4.79 Å². The van der Waals surface area contributed by atoms with Crippen LogP contribution < -0.4 is 5.43 Å². The zero-order valence-electron chi connectivity index (χ0n) is 11.7. The summed E-state index contributed by atoms with van der Waals surface area (Å²) >= 11 is 0. The van der Waals surface area contributed by atoms with E-state index in [-0.39, 0.29) is 0 Å². The van der Waals surface area contributed by atoms with Crippen LogP contribution in [-0.4, -0.2) is 17.9 Å². The summed E-state index contributed by atoms with van der Waals surface area (Å²) in [5.74, 6) is 0. The number of fused-ring (bicyclic) bond motifs is 1. The molecule has 19 heavy (non-hydrogen) atoms. The molecule has 4 heteroatoms. The molecule has 0 spiro atoms. The fourth-order valence-corrected chi connectivity index (χ4v) is 2.13. The van der Waals surface area contributed by atoms with Gasteiger partial charge in [-0.15, -0.1) is 0 Å². The number of hydrazone groups is 1. The van der Waals surface area contributed by atoms with Crippen LogP contribution in [0.15, 0.2) is 23.3 Å². The second-order valence-corrected chi connectivity index (χ2v) is 5.75. The number of ether oxygens (including phenoxy) is 1. The van der Waals surface area contributed by atoms with Gasteiger partial charge in [-0.05, 0) is 62.8 Å². The van der Waals surface area contributed by atoms with Crippen LogP contribution in [0.3, 0.4) is 0 Å². The smallest absolute Gasteiger partial charge is 0.428 e. The minimum atomic E-state index is -0.537. The minimum absolute atomic E-state index is 0.507. The molecule has 0 bridgehead atoms. The number of hydrogen-bond donors (Lipinski definition) is 1. The summed E-state index contributed by atoms with van der Waals surface area (Å²) < 4.78 is 5.09. The van der Waals surface area contributed by atoms with Crippen LogP contribution in [0.4, 0.5) is 4.79 Å². The lowest BCUT2D eigenvalue weighted by molar-refractivity contribution is 0.0529. The molecule has 1 amide bonds. The molecule has 0 unspecified atom stereocenters. The van der Waals surface area contributed by atoms with E-state index in [1.54, 1.807) is 6.21 Å². The lowest BCUT2D eigenvalue weighted by Gasteiger charge is -2.18. The summed E-state index contributed by atoms with van der Waals surface area (Å²) in [7, 11) is 0. The van der Waals surface area contributed by atoms with Crippen LogP contribution in [0, 0.1) is 0 Å². The third-order valence-corrected chi connectivity index (χ3v) is 2.89. The third-order valence-electron chi connectivity index (χ3n) is 2.89. The van der Waals surface area contributed by atoms with Gasteiger partial charge in [0.2, 0.25) is 0 Å². The van der Waals surface area contributed by atoms with Crippen molar-refractivity contribution in [3.63, 3.8) is 0 Å². The highest BCUT2D eigenvalue weighted by molar-refractivity contribution is 5.81. The van der Waals surface area contributed by atoms with Crippen LogP contribution in [0.5, 0.6) is 0 Å². The lowest BCUT2D eigenvalue weighted by atomic mass is 10.1. The summed E-state index contributed by atoms with van der Waals surface area (Å²) in [6.07, 6.45) is 4.64. The number of carbonyl (C=O) groups is 1. The van der Waals surface area contributed by atoms with E-state index in [4.69, 9.17) is 4.74 Å². The van der Waals surface area contributed by atoms with Gasteiger partial charge in [-0.1, -0.05) is 12.1 Å². The Bertz CT molecular complexity index is 501. The van der Waals surface area contributed by atoms with Gasteiger partial charge in [0.15, 0.2) is 0 Å². The number of rotatable bonds is 2. The monoisotopic (exact) mass is 260 g/mol. The van der Waals surface area contributed by atoms with Gasteiger partial charge in [-0.3, -0.25) is 0 Å². The summed E-state index contributed by atoms with van der Waals surface area (Å²) in [6, 6.07) is 6.28. The van der Waals surface area contributed by atoms with Crippen molar-refractivity contribution in [1.29, 1.82) is 0 Å². The Morgan fingerprint density at radius 2 is 2.05 bits per heavy atom. The van der Waals surface area contributed by atoms with Crippen LogP contribution in [0.1, 0.15) is 43.9 Å². The molecule has 0 saturated carbocycles. The quantitative estimate of drug-likeness (QED) is 0.656. The van der Waals surface area contributed by atoms with Crippen LogP contribution in [0.2, 0.25) is 0 Å². The van der Waals surface area contributed by atoms with Crippen molar-refractivity contribution in [3.8, 4) is 0 Å². The fraction of sp³-hybridized carbons (Fsp3) is 0.467. The van der Waals surface area contributed by atoms with Crippen molar-refractivity contribution >= 4 is 12.3 Å². The normalized spacial score (nSPS) is 14.5. The third kappa shape index (κ3) is 4.09. The maximum Gasteiger partial charge on any atom is 0.428 e. The van der Waals surface area contributed by atoms with Gasteiger partial charge >= 0.3 is 6.09 Å². The van der Waals surface area contributed by atoms with Crippen molar-refractivity contribution in [2.45, 2.75) is 45.6 Å². The standard InChI is InChI=1S/C15H20N2O2/c1-15(2,3)19-14(18)17-16-10-11-7-8-12-5-4-6-13(12)9-11/h7-10H,4-6H2,1-3H3,(H,17,18)/b16-10+. The van der Waals surface area contributed by atoms with Gasteiger partial charge in [0.25, 0.3) is 0 Å². The molecule has 0 fully saturated rings. The second kappa shape index (κ2) is 5.43. The number of carbonyl (C=O) groups excluding carboxylic acids is 1. The number of hydrogen-bond acceptors (Lipinski definition) is 3. The molecule has 102 valence electrons. The average molecular weight is 260 g/mol. The van der Waals surface area contributed by atoms with Crippen molar-refractivity contribution in [2.75, 3.05) is 0 Å². The molecule has 1 aliphatic carbocycles. The largest absolute Gasteiger partial charge is 0.443 e. The molecule has 1 aromatic carbocycles. The molecular weight excluding hydrogens is 240 g/mol. The van der Waals surface area contributed by atoms with E-state index in [2.05, 4.69) is 22.7 Å².